The standard InChI is InChI=1S/C17H28N2/c1-14-11-16(14)12-19(3)17(2,13-18)10-9-15-7-5-4-6-8-15/h4-8,14,16H,9-13,18H2,1-3H3. The van der Waals surface area contributed by atoms with Crippen molar-refractivity contribution in [3.05, 3.63) is 35.9 Å². The van der Waals surface area contributed by atoms with Gasteiger partial charge < -0.3 is 5.73 Å². The summed E-state index contributed by atoms with van der Waals surface area (Å²) in [5, 5.41) is 0. The van der Waals surface area contributed by atoms with E-state index in [4.69, 9.17) is 5.73 Å². The molecule has 0 radical (unpaired) electrons. The first-order valence-electron chi connectivity index (χ1n) is 7.50. The van der Waals surface area contributed by atoms with E-state index in [0.29, 0.717) is 0 Å². The summed E-state index contributed by atoms with van der Waals surface area (Å²) in [4.78, 5) is 2.49. The summed E-state index contributed by atoms with van der Waals surface area (Å²) in [7, 11) is 2.24. The highest BCUT2D eigenvalue weighted by atomic mass is 15.2. The van der Waals surface area contributed by atoms with E-state index in [2.05, 4.69) is 56.1 Å². The third kappa shape index (κ3) is 3.80. The second-order valence-corrected chi connectivity index (χ2v) is 6.54. The minimum atomic E-state index is 0.123. The summed E-state index contributed by atoms with van der Waals surface area (Å²) in [6, 6.07) is 10.7. The Kier molecular flexibility index (Phi) is 4.64. The first kappa shape index (κ1) is 14.5. The molecule has 2 N–H and O–H groups in total. The van der Waals surface area contributed by atoms with E-state index in [1.807, 2.05) is 0 Å². The van der Waals surface area contributed by atoms with E-state index in [0.717, 1.165) is 31.2 Å². The van der Waals surface area contributed by atoms with Gasteiger partial charge in [-0.2, -0.15) is 0 Å². The molecule has 2 heteroatoms. The van der Waals surface area contributed by atoms with Crippen LogP contribution >= 0.6 is 0 Å². The van der Waals surface area contributed by atoms with Crippen LogP contribution in [0.3, 0.4) is 0 Å². The van der Waals surface area contributed by atoms with Gasteiger partial charge in [-0.3, -0.25) is 4.90 Å². The molecule has 1 fully saturated rings. The van der Waals surface area contributed by atoms with Gasteiger partial charge in [-0.15, -0.1) is 0 Å². The van der Waals surface area contributed by atoms with Gasteiger partial charge in [-0.05, 0) is 50.6 Å². The third-order valence-electron chi connectivity index (χ3n) is 4.94. The second kappa shape index (κ2) is 6.06. The van der Waals surface area contributed by atoms with Crippen molar-refractivity contribution in [2.75, 3.05) is 20.1 Å². The lowest BCUT2D eigenvalue weighted by Gasteiger charge is -2.38. The van der Waals surface area contributed by atoms with Crippen LogP contribution in [0.15, 0.2) is 30.3 Å². The topological polar surface area (TPSA) is 29.3 Å². The molecule has 19 heavy (non-hydrogen) atoms. The monoisotopic (exact) mass is 260 g/mol. The maximum atomic E-state index is 6.06. The van der Waals surface area contributed by atoms with Crippen LogP contribution in [0.25, 0.3) is 0 Å². The minimum absolute atomic E-state index is 0.123. The Hall–Kier alpha value is -0.860. The molecule has 0 amide bonds. The van der Waals surface area contributed by atoms with Crippen LogP contribution in [-0.4, -0.2) is 30.6 Å². The molecule has 1 aromatic carbocycles. The number of benzene rings is 1. The van der Waals surface area contributed by atoms with E-state index >= 15 is 0 Å². The number of likely N-dealkylation sites (N-methyl/N-ethyl adjacent to an activating group) is 1. The van der Waals surface area contributed by atoms with Crippen molar-refractivity contribution < 1.29 is 0 Å². The van der Waals surface area contributed by atoms with Crippen molar-refractivity contribution in [2.24, 2.45) is 17.6 Å². The summed E-state index contributed by atoms with van der Waals surface area (Å²) in [6.07, 6.45) is 3.63. The van der Waals surface area contributed by atoms with Crippen molar-refractivity contribution in [1.29, 1.82) is 0 Å². The molecule has 3 unspecified atom stereocenters. The van der Waals surface area contributed by atoms with Crippen molar-refractivity contribution in [3.63, 3.8) is 0 Å². The molecule has 2 rings (SSSR count). The fourth-order valence-electron chi connectivity index (χ4n) is 2.73. The summed E-state index contributed by atoms with van der Waals surface area (Å²) in [5.41, 5.74) is 7.60. The zero-order chi connectivity index (χ0) is 13.9. The van der Waals surface area contributed by atoms with Crippen LogP contribution in [-0.2, 0) is 6.42 Å². The maximum absolute atomic E-state index is 6.06. The van der Waals surface area contributed by atoms with Gasteiger partial charge in [-0.25, -0.2) is 0 Å². The molecule has 0 aromatic heterocycles. The number of nitrogens with two attached hydrogens (primary N) is 1. The van der Waals surface area contributed by atoms with Gasteiger partial charge in [0, 0.05) is 18.6 Å². The molecule has 3 atom stereocenters. The van der Waals surface area contributed by atoms with Gasteiger partial charge >= 0.3 is 0 Å². The number of hydrogen-bond acceptors (Lipinski definition) is 2. The van der Waals surface area contributed by atoms with Gasteiger partial charge in [-0.1, -0.05) is 37.3 Å². The van der Waals surface area contributed by atoms with E-state index in [1.165, 1.54) is 18.5 Å². The van der Waals surface area contributed by atoms with Crippen LogP contribution in [0.2, 0.25) is 0 Å². The predicted molar refractivity (Wildman–Crippen MR) is 82.1 cm³/mol. The van der Waals surface area contributed by atoms with Gasteiger partial charge in [0.15, 0.2) is 0 Å². The molecule has 0 spiro atoms. The fourth-order valence-corrected chi connectivity index (χ4v) is 2.73. The summed E-state index contributed by atoms with van der Waals surface area (Å²) < 4.78 is 0. The molecule has 0 heterocycles. The lowest BCUT2D eigenvalue weighted by atomic mass is 9.91. The molecule has 1 aliphatic rings. The second-order valence-electron chi connectivity index (χ2n) is 6.54. The van der Waals surface area contributed by atoms with Gasteiger partial charge in [0.25, 0.3) is 0 Å². The van der Waals surface area contributed by atoms with E-state index in [-0.39, 0.29) is 5.54 Å². The molecule has 1 saturated carbocycles. The van der Waals surface area contributed by atoms with Crippen LogP contribution in [0.1, 0.15) is 32.3 Å². The Morgan fingerprint density at radius 3 is 2.47 bits per heavy atom. The molecule has 0 bridgehead atoms. The molecular formula is C17H28N2. The Morgan fingerprint density at radius 2 is 1.95 bits per heavy atom. The fraction of sp³-hybridized carbons (Fsp3) is 0.647. The van der Waals surface area contributed by atoms with Gasteiger partial charge in [0.05, 0.1) is 0 Å². The van der Waals surface area contributed by atoms with Crippen LogP contribution in [0.4, 0.5) is 0 Å². The molecule has 0 saturated heterocycles. The van der Waals surface area contributed by atoms with Crippen molar-refractivity contribution >= 4 is 0 Å². The molecule has 1 aromatic rings. The maximum Gasteiger partial charge on any atom is 0.0303 e. The average Bonchev–Trinajstić information content (AvgIpc) is 3.12. The summed E-state index contributed by atoms with van der Waals surface area (Å²) in [5.74, 6) is 1.81. The molecule has 1 aliphatic carbocycles. The smallest absolute Gasteiger partial charge is 0.0303 e. The van der Waals surface area contributed by atoms with E-state index in [1.54, 1.807) is 0 Å². The minimum Gasteiger partial charge on any atom is -0.329 e. The van der Waals surface area contributed by atoms with Crippen LogP contribution < -0.4 is 5.73 Å². The Bertz CT molecular complexity index is 390. The Labute approximate surface area is 118 Å². The molecule has 0 aliphatic heterocycles. The van der Waals surface area contributed by atoms with Gasteiger partial charge in [0.1, 0.15) is 0 Å². The zero-order valence-electron chi connectivity index (χ0n) is 12.6. The SMILES string of the molecule is CC1CC1CN(C)C(C)(CN)CCc1ccccc1. The summed E-state index contributed by atoms with van der Waals surface area (Å²) in [6.45, 7) is 6.59. The third-order valence-corrected chi connectivity index (χ3v) is 4.94. The normalized spacial score (nSPS) is 25.3. The first-order chi connectivity index (χ1) is 9.05. The average molecular weight is 260 g/mol. The Balaban J connectivity index is 1.89. The highest BCUT2D eigenvalue weighted by molar-refractivity contribution is 5.15. The Morgan fingerprint density at radius 1 is 1.32 bits per heavy atom. The summed E-state index contributed by atoms with van der Waals surface area (Å²) >= 11 is 0. The number of aryl methyl sites for hydroxylation is 1. The quantitative estimate of drug-likeness (QED) is 0.817. The molecule has 2 nitrogen and oxygen atoms in total. The lowest BCUT2D eigenvalue weighted by molar-refractivity contribution is 0.126. The highest BCUT2D eigenvalue weighted by Crippen LogP contribution is 2.39. The van der Waals surface area contributed by atoms with Crippen LogP contribution in [0.5, 0.6) is 0 Å². The zero-order valence-corrected chi connectivity index (χ0v) is 12.6. The highest BCUT2D eigenvalue weighted by Gasteiger charge is 2.37. The van der Waals surface area contributed by atoms with E-state index < -0.39 is 0 Å². The van der Waals surface area contributed by atoms with Crippen molar-refractivity contribution in [3.8, 4) is 0 Å². The van der Waals surface area contributed by atoms with Crippen molar-refractivity contribution in [2.45, 2.75) is 38.6 Å². The van der Waals surface area contributed by atoms with Crippen LogP contribution in [0, 0.1) is 11.8 Å². The predicted octanol–water partition coefficient (Wildman–Crippen LogP) is 2.92. The van der Waals surface area contributed by atoms with Gasteiger partial charge in [0.2, 0.25) is 0 Å². The van der Waals surface area contributed by atoms with Crippen molar-refractivity contribution in [1.82, 2.24) is 4.90 Å². The first-order valence-corrected chi connectivity index (χ1v) is 7.50. The van der Waals surface area contributed by atoms with E-state index in [9.17, 15) is 0 Å². The number of rotatable bonds is 7. The lowest BCUT2D eigenvalue weighted by Crippen LogP contribution is -2.50. The molecule has 106 valence electrons. The number of nitrogens with zero attached hydrogens (tertiary/aromatic N) is 1. The number of hydrogen-bond donors (Lipinski definition) is 1. The molecular weight excluding hydrogens is 232 g/mol. The largest absolute Gasteiger partial charge is 0.329 e.